The Kier molecular flexibility index (Phi) is 4.37. The van der Waals surface area contributed by atoms with Crippen LogP contribution in [0, 0.1) is 0 Å². The fourth-order valence-corrected chi connectivity index (χ4v) is 2.61. The maximum absolute atomic E-state index is 12.3. The molecule has 0 aliphatic carbocycles. The minimum atomic E-state index is -0.0926. The van der Waals surface area contributed by atoms with Crippen LogP contribution in [0.2, 0.25) is 0 Å². The normalized spacial score (nSPS) is 18.1. The summed E-state index contributed by atoms with van der Waals surface area (Å²) >= 11 is 0. The summed E-state index contributed by atoms with van der Waals surface area (Å²) in [5, 5.41) is 0. The highest BCUT2D eigenvalue weighted by molar-refractivity contribution is 5.91. The van der Waals surface area contributed by atoms with Crippen LogP contribution in [-0.2, 0) is 14.3 Å². The van der Waals surface area contributed by atoms with Crippen molar-refractivity contribution in [2.45, 2.75) is 0 Å². The number of nitrogens with zero attached hydrogens (tertiary/aromatic N) is 2. The van der Waals surface area contributed by atoms with Crippen molar-refractivity contribution in [3.05, 3.63) is 36.3 Å². The van der Waals surface area contributed by atoms with Gasteiger partial charge in [0.2, 0.25) is 5.76 Å². The van der Waals surface area contributed by atoms with Crippen molar-refractivity contribution in [3.8, 4) is 5.75 Å². The van der Waals surface area contributed by atoms with Gasteiger partial charge < -0.3 is 24.0 Å². The van der Waals surface area contributed by atoms with Crippen LogP contribution in [0.3, 0.4) is 0 Å². The smallest absolute Gasteiger partial charge is 0.292 e. The average molecular weight is 304 g/mol. The molecule has 0 bridgehead atoms. The van der Waals surface area contributed by atoms with E-state index < -0.39 is 0 Å². The number of methoxy groups -OCH3 is 1. The molecule has 1 aromatic carbocycles. The fraction of sp³-hybridized carbons (Fsp3) is 0.438. The summed E-state index contributed by atoms with van der Waals surface area (Å²) in [4.78, 5) is 16.4. The minimum Gasteiger partial charge on any atom is -0.497 e. The van der Waals surface area contributed by atoms with Crippen LogP contribution >= 0.6 is 0 Å². The third-order valence-corrected chi connectivity index (χ3v) is 3.85. The van der Waals surface area contributed by atoms with Crippen LogP contribution in [-0.4, -0.2) is 57.3 Å². The first kappa shape index (κ1) is 14.6. The molecule has 2 heterocycles. The van der Waals surface area contributed by atoms with Crippen molar-refractivity contribution in [3.63, 3.8) is 0 Å². The van der Waals surface area contributed by atoms with Gasteiger partial charge in [0, 0.05) is 37.9 Å². The maximum Gasteiger partial charge on any atom is 0.292 e. The Morgan fingerprint density at radius 1 is 1.18 bits per heavy atom. The molecule has 0 atom stereocenters. The third-order valence-electron chi connectivity index (χ3n) is 3.85. The van der Waals surface area contributed by atoms with E-state index in [1.54, 1.807) is 12.0 Å². The Hall–Kier alpha value is -2.37. The Morgan fingerprint density at radius 3 is 2.68 bits per heavy atom. The van der Waals surface area contributed by atoms with E-state index in [0.29, 0.717) is 32.1 Å². The number of rotatable bonds is 3. The summed E-state index contributed by atoms with van der Waals surface area (Å²) in [6.07, 6.45) is 1.42. The number of anilines is 1. The Bertz CT molecular complexity index is 565. The largest absolute Gasteiger partial charge is 0.497 e. The van der Waals surface area contributed by atoms with Gasteiger partial charge in [-0.3, -0.25) is 4.79 Å². The molecular formula is C16H20N2O4. The van der Waals surface area contributed by atoms with Crippen molar-refractivity contribution in [2.24, 2.45) is 0 Å². The summed E-state index contributed by atoms with van der Waals surface area (Å²) < 4.78 is 15.8. The molecule has 0 saturated carbocycles. The number of hydrogen-bond donors (Lipinski definition) is 0. The van der Waals surface area contributed by atoms with E-state index in [1.165, 1.54) is 6.26 Å². The highest BCUT2D eigenvalue weighted by atomic mass is 16.6. The molecule has 22 heavy (non-hydrogen) atoms. The average Bonchev–Trinajstić information content (AvgIpc) is 2.62. The Balaban J connectivity index is 1.60. The van der Waals surface area contributed by atoms with Crippen molar-refractivity contribution in [2.75, 3.05) is 51.4 Å². The molecule has 118 valence electrons. The Labute approximate surface area is 129 Å². The van der Waals surface area contributed by atoms with Crippen LogP contribution in [0.15, 0.2) is 36.3 Å². The van der Waals surface area contributed by atoms with Gasteiger partial charge in [-0.05, 0) is 12.1 Å². The molecule has 6 nitrogen and oxygen atoms in total. The number of piperazine rings is 1. The summed E-state index contributed by atoms with van der Waals surface area (Å²) in [6, 6.07) is 7.97. The standard InChI is InChI=1S/C16H20N2O4/c1-20-14-4-2-3-13(11-14)17-5-7-18(8-6-17)16(19)15-12-21-9-10-22-15/h2-4,11-12H,5-10H2,1H3. The first-order valence-corrected chi connectivity index (χ1v) is 7.41. The summed E-state index contributed by atoms with van der Waals surface area (Å²) in [5.74, 6) is 1.06. The van der Waals surface area contributed by atoms with Gasteiger partial charge in [-0.15, -0.1) is 0 Å². The molecular weight excluding hydrogens is 284 g/mol. The van der Waals surface area contributed by atoms with Crippen molar-refractivity contribution in [1.29, 1.82) is 0 Å². The highest BCUT2D eigenvalue weighted by Crippen LogP contribution is 2.22. The summed E-state index contributed by atoms with van der Waals surface area (Å²) in [5.41, 5.74) is 1.11. The van der Waals surface area contributed by atoms with Gasteiger partial charge in [0.25, 0.3) is 5.91 Å². The third kappa shape index (κ3) is 3.10. The molecule has 1 saturated heterocycles. The molecule has 0 aromatic heterocycles. The van der Waals surface area contributed by atoms with E-state index in [4.69, 9.17) is 14.2 Å². The molecule has 2 aliphatic rings. The molecule has 1 fully saturated rings. The van der Waals surface area contributed by atoms with E-state index in [-0.39, 0.29) is 5.91 Å². The van der Waals surface area contributed by atoms with Gasteiger partial charge in [0.1, 0.15) is 25.2 Å². The van der Waals surface area contributed by atoms with E-state index in [0.717, 1.165) is 24.5 Å². The summed E-state index contributed by atoms with van der Waals surface area (Å²) in [7, 11) is 1.66. The van der Waals surface area contributed by atoms with Crippen LogP contribution in [0.5, 0.6) is 5.75 Å². The van der Waals surface area contributed by atoms with Crippen LogP contribution in [0.4, 0.5) is 5.69 Å². The second-order valence-corrected chi connectivity index (χ2v) is 5.18. The lowest BCUT2D eigenvalue weighted by molar-refractivity contribution is -0.132. The second-order valence-electron chi connectivity index (χ2n) is 5.18. The molecule has 6 heteroatoms. The van der Waals surface area contributed by atoms with Crippen molar-refractivity contribution in [1.82, 2.24) is 4.90 Å². The predicted molar refractivity (Wildman–Crippen MR) is 81.8 cm³/mol. The van der Waals surface area contributed by atoms with Crippen LogP contribution in [0.25, 0.3) is 0 Å². The first-order valence-electron chi connectivity index (χ1n) is 7.41. The van der Waals surface area contributed by atoms with E-state index in [9.17, 15) is 4.79 Å². The number of carbonyl (C=O) groups is 1. The lowest BCUT2D eigenvalue weighted by Gasteiger charge is -2.36. The van der Waals surface area contributed by atoms with Gasteiger partial charge in [-0.2, -0.15) is 0 Å². The minimum absolute atomic E-state index is 0.0926. The second kappa shape index (κ2) is 6.60. The first-order chi connectivity index (χ1) is 10.8. The quantitative estimate of drug-likeness (QED) is 0.841. The number of amides is 1. The number of benzene rings is 1. The molecule has 3 rings (SSSR count). The van der Waals surface area contributed by atoms with E-state index in [2.05, 4.69) is 11.0 Å². The van der Waals surface area contributed by atoms with Gasteiger partial charge in [-0.25, -0.2) is 0 Å². The SMILES string of the molecule is COc1cccc(N2CCN(C(=O)C3=COCCO3)CC2)c1. The molecule has 0 radical (unpaired) electrons. The van der Waals surface area contributed by atoms with Gasteiger partial charge in [0.05, 0.1) is 7.11 Å². The zero-order chi connectivity index (χ0) is 15.4. The lowest BCUT2D eigenvalue weighted by atomic mass is 10.2. The molecule has 0 spiro atoms. The molecule has 1 aromatic rings. The van der Waals surface area contributed by atoms with Crippen molar-refractivity contribution >= 4 is 11.6 Å². The molecule has 2 aliphatic heterocycles. The number of hydrogen-bond acceptors (Lipinski definition) is 5. The van der Waals surface area contributed by atoms with Gasteiger partial charge in [0.15, 0.2) is 0 Å². The molecule has 0 unspecified atom stereocenters. The van der Waals surface area contributed by atoms with Gasteiger partial charge >= 0.3 is 0 Å². The molecule has 0 N–H and O–H groups in total. The Morgan fingerprint density at radius 2 is 2.00 bits per heavy atom. The molecule has 1 amide bonds. The number of carbonyl (C=O) groups excluding carboxylic acids is 1. The number of ether oxygens (including phenoxy) is 3. The highest BCUT2D eigenvalue weighted by Gasteiger charge is 2.26. The maximum atomic E-state index is 12.3. The van der Waals surface area contributed by atoms with Crippen LogP contribution in [0.1, 0.15) is 0 Å². The van der Waals surface area contributed by atoms with E-state index >= 15 is 0 Å². The zero-order valence-electron chi connectivity index (χ0n) is 12.7. The summed E-state index contributed by atoms with van der Waals surface area (Å²) in [6.45, 7) is 3.83. The van der Waals surface area contributed by atoms with Gasteiger partial charge in [-0.1, -0.05) is 6.07 Å². The fourth-order valence-electron chi connectivity index (χ4n) is 2.61. The van der Waals surface area contributed by atoms with Crippen molar-refractivity contribution < 1.29 is 19.0 Å². The van der Waals surface area contributed by atoms with E-state index in [1.807, 2.05) is 18.2 Å². The van der Waals surface area contributed by atoms with Crippen LogP contribution < -0.4 is 9.64 Å². The predicted octanol–water partition coefficient (Wildman–Crippen LogP) is 1.23. The topological polar surface area (TPSA) is 51.2 Å². The monoisotopic (exact) mass is 304 g/mol. The zero-order valence-corrected chi connectivity index (χ0v) is 12.7. The lowest BCUT2D eigenvalue weighted by Crippen LogP contribution is -2.49.